The molecular weight excluding hydrogens is 383 g/mol. The molecule has 2 aromatic carbocycles. The highest BCUT2D eigenvalue weighted by Crippen LogP contribution is 2.38. The van der Waals surface area contributed by atoms with E-state index in [0.29, 0.717) is 39.5 Å². The Morgan fingerprint density at radius 3 is 2.63 bits per heavy atom. The van der Waals surface area contributed by atoms with Crippen LogP contribution in [0.15, 0.2) is 42.6 Å². The van der Waals surface area contributed by atoms with Crippen LogP contribution in [-0.2, 0) is 4.79 Å². The van der Waals surface area contributed by atoms with Gasteiger partial charge in [-0.25, -0.2) is 0 Å². The Balaban J connectivity index is 1.87. The fourth-order valence-electron chi connectivity index (χ4n) is 3.67. The lowest BCUT2D eigenvalue weighted by Crippen LogP contribution is -2.10. The van der Waals surface area contributed by atoms with Crippen molar-refractivity contribution in [2.75, 3.05) is 0 Å². The number of hydrogen-bond donors (Lipinski definition) is 0. The van der Waals surface area contributed by atoms with Crippen molar-refractivity contribution >= 4 is 45.8 Å². The molecule has 0 bridgehead atoms. The second-order valence-electron chi connectivity index (χ2n) is 6.71. The lowest BCUT2D eigenvalue weighted by atomic mass is 9.96. The van der Waals surface area contributed by atoms with Gasteiger partial charge in [0.2, 0.25) is 0 Å². The Bertz CT molecular complexity index is 1140. The van der Waals surface area contributed by atoms with Crippen LogP contribution in [-0.4, -0.2) is 16.3 Å². The van der Waals surface area contributed by atoms with Gasteiger partial charge in [-0.1, -0.05) is 23.2 Å². The first-order valence-electron chi connectivity index (χ1n) is 8.54. The number of Topliss-reactive ketones (excluding diaryl/α,β-unsaturated/α-hetero) is 1. The van der Waals surface area contributed by atoms with E-state index in [-0.39, 0.29) is 17.6 Å². The highest BCUT2D eigenvalue weighted by molar-refractivity contribution is 6.42. The average Bonchev–Trinajstić information content (AvgIpc) is 3.26. The number of ketones is 1. The molecule has 3 aromatic rings. The van der Waals surface area contributed by atoms with Gasteiger partial charge >= 0.3 is 0 Å². The smallest absolute Gasteiger partial charge is 0.262 e. The number of carbonyl (C=O) groups is 2. The summed E-state index contributed by atoms with van der Waals surface area (Å²) in [5.74, 6) is 0.0591. The molecule has 0 aliphatic heterocycles. The minimum Gasteiger partial charge on any atom is -0.300 e. The molecule has 27 heavy (non-hydrogen) atoms. The van der Waals surface area contributed by atoms with E-state index in [1.54, 1.807) is 47.2 Å². The van der Waals surface area contributed by atoms with Gasteiger partial charge in [-0.15, -0.1) is 0 Å². The molecule has 1 aliphatic carbocycles. The van der Waals surface area contributed by atoms with Crippen molar-refractivity contribution in [3.63, 3.8) is 0 Å². The van der Waals surface area contributed by atoms with Gasteiger partial charge in [-0.05, 0) is 54.3 Å². The van der Waals surface area contributed by atoms with Gasteiger partial charge in [-0.2, -0.15) is 5.26 Å². The Morgan fingerprint density at radius 2 is 1.96 bits per heavy atom. The zero-order valence-corrected chi connectivity index (χ0v) is 15.7. The quantitative estimate of drug-likeness (QED) is 0.586. The summed E-state index contributed by atoms with van der Waals surface area (Å²) in [6.07, 6.45) is 3.57. The van der Waals surface area contributed by atoms with E-state index < -0.39 is 0 Å². The van der Waals surface area contributed by atoms with Crippen molar-refractivity contribution < 1.29 is 9.59 Å². The first-order chi connectivity index (χ1) is 13.0. The highest BCUT2D eigenvalue weighted by atomic mass is 35.5. The maximum absolute atomic E-state index is 13.1. The SMILES string of the molecule is N#Cc1ccc2c(c1)c([C@H]1CCC(=O)C1)cn2C(=O)c1ccc(Cl)c(Cl)c1. The monoisotopic (exact) mass is 396 g/mol. The van der Waals surface area contributed by atoms with Gasteiger partial charge in [0.15, 0.2) is 0 Å². The molecular formula is C21H14Cl2N2O2. The van der Waals surface area contributed by atoms with Crippen LogP contribution in [0.1, 0.15) is 46.7 Å². The topological polar surface area (TPSA) is 62.9 Å². The minimum absolute atomic E-state index is 0.0665. The second kappa shape index (κ2) is 6.84. The van der Waals surface area contributed by atoms with Gasteiger partial charge in [0.1, 0.15) is 5.78 Å². The van der Waals surface area contributed by atoms with Crippen LogP contribution in [0.3, 0.4) is 0 Å². The van der Waals surface area contributed by atoms with Gasteiger partial charge in [0, 0.05) is 30.0 Å². The summed E-state index contributed by atoms with van der Waals surface area (Å²) in [6, 6.07) is 12.1. The highest BCUT2D eigenvalue weighted by Gasteiger charge is 2.28. The first-order valence-corrected chi connectivity index (χ1v) is 9.30. The van der Waals surface area contributed by atoms with Crippen molar-refractivity contribution in [2.24, 2.45) is 0 Å². The third-order valence-electron chi connectivity index (χ3n) is 5.04. The van der Waals surface area contributed by atoms with Crippen LogP contribution in [0.2, 0.25) is 10.0 Å². The molecule has 1 aliphatic rings. The number of aromatic nitrogens is 1. The summed E-state index contributed by atoms with van der Waals surface area (Å²) in [7, 11) is 0. The summed E-state index contributed by atoms with van der Waals surface area (Å²) < 4.78 is 1.56. The lowest BCUT2D eigenvalue weighted by Gasteiger charge is -2.06. The fourth-order valence-corrected chi connectivity index (χ4v) is 3.96. The largest absolute Gasteiger partial charge is 0.300 e. The summed E-state index contributed by atoms with van der Waals surface area (Å²) in [4.78, 5) is 24.9. The Labute approximate surface area is 165 Å². The third-order valence-corrected chi connectivity index (χ3v) is 5.77. The molecule has 1 atom stereocenters. The van der Waals surface area contributed by atoms with E-state index in [1.807, 2.05) is 0 Å². The third kappa shape index (κ3) is 3.14. The van der Waals surface area contributed by atoms with Gasteiger partial charge in [-0.3, -0.25) is 14.2 Å². The summed E-state index contributed by atoms with van der Waals surface area (Å²) in [5.41, 5.74) is 2.58. The first kappa shape index (κ1) is 17.8. The van der Waals surface area contributed by atoms with Crippen molar-refractivity contribution in [3.05, 3.63) is 69.3 Å². The van der Waals surface area contributed by atoms with Crippen LogP contribution in [0.4, 0.5) is 0 Å². The zero-order valence-electron chi connectivity index (χ0n) is 14.2. The molecule has 0 unspecified atom stereocenters. The van der Waals surface area contributed by atoms with Crippen molar-refractivity contribution in [1.29, 1.82) is 5.26 Å². The number of nitriles is 1. The van der Waals surface area contributed by atoms with Crippen molar-refractivity contribution in [2.45, 2.75) is 25.2 Å². The van der Waals surface area contributed by atoms with E-state index in [2.05, 4.69) is 6.07 Å². The van der Waals surface area contributed by atoms with Crippen LogP contribution in [0, 0.1) is 11.3 Å². The van der Waals surface area contributed by atoms with Gasteiger partial charge in [0.05, 0.1) is 27.2 Å². The number of benzene rings is 2. The number of halogens is 2. The molecule has 1 aromatic heterocycles. The maximum atomic E-state index is 13.1. The van der Waals surface area contributed by atoms with Crippen LogP contribution < -0.4 is 0 Å². The van der Waals surface area contributed by atoms with Gasteiger partial charge in [0.25, 0.3) is 5.91 Å². The van der Waals surface area contributed by atoms with E-state index >= 15 is 0 Å². The molecule has 1 heterocycles. The van der Waals surface area contributed by atoms with Crippen molar-refractivity contribution in [1.82, 2.24) is 4.57 Å². The molecule has 4 rings (SSSR count). The number of carbonyl (C=O) groups excluding carboxylic acids is 2. The Hall–Kier alpha value is -2.61. The fraction of sp³-hybridized carbons (Fsp3) is 0.190. The molecule has 0 spiro atoms. The van der Waals surface area contributed by atoms with Crippen LogP contribution >= 0.6 is 23.2 Å². The molecule has 134 valence electrons. The molecule has 4 nitrogen and oxygen atoms in total. The van der Waals surface area contributed by atoms with Crippen molar-refractivity contribution in [3.8, 4) is 6.07 Å². The summed E-state index contributed by atoms with van der Waals surface area (Å²) >= 11 is 12.0. The van der Waals surface area contributed by atoms with E-state index in [1.165, 1.54) is 0 Å². The predicted molar refractivity (Wildman–Crippen MR) is 104 cm³/mol. The van der Waals surface area contributed by atoms with Crippen LogP contribution in [0.5, 0.6) is 0 Å². The maximum Gasteiger partial charge on any atom is 0.262 e. The molecule has 0 saturated heterocycles. The molecule has 0 amide bonds. The molecule has 1 saturated carbocycles. The number of hydrogen-bond acceptors (Lipinski definition) is 3. The number of rotatable bonds is 2. The normalized spacial score (nSPS) is 16.6. The summed E-state index contributed by atoms with van der Waals surface area (Å²) in [6.45, 7) is 0. The Kier molecular flexibility index (Phi) is 4.51. The lowest BCUT2D eigenvalue weighted by molar-refractivity contribution is -0.117. The predicted octanol–water partition coefficient (Wildman–Crippen LogP) is 5.34. The van der Waals surface area contributed by atoms with E-state index in [4.69, 9.17) is 23.2 Å². The second-order valence-corrected chi connectivity index (χ2v) is 7.53. The van der Waals surface area contributed by atoms with E-state index in [9.17, 15) is 14.9 Å². The number of nitrogens with zero attached hydrogens (tertiary/aromatic N) is 2. The Morgan fingerprint density at radius 1 is 1.15 bits per heavy atom. The molecule has 6 heteroatoms. The van der Waals surface area contributed by atoms with Crippen LogP contribution in [0.25, 0.3) is 10.9 Å². The van der Waals surface area contributed by atoms with Gasteiger partial charge < -0.3 is 0 Å². The molecule has 1 fully saturated rings. The summed E-state index contributed by atoms with van der Waals surface area (Å²) in [5, 5.41) is 10.8. The average molecular weight is 397 g/mol. The molecule has 0 radical (unpaired) electrons. The minimum atomic E-state index is -0.237. The standard InChI is InChI=1S/C21H14Cl2N2O2/c22-18-5-3-14(9-19(18)23)21(27)25-11-17(13-2-4-15(26)8-13)16-7-12(10-24)1-6-20(16)25/h1,3,5-7,9,11,13H,2,4,8H2/t13-/m0/s1. The zero-order chi connectivity index (χ0) is 19.1. The number of fused-ring (bicyclic) bond motifs is 1. The molecule has 0 N–H and O–H groups in total. The van der Waals surface area contributed by atoms with E-state index in [0.717, 1.165) is 17.4 Å².